The van der Waals surface area contributed by atoms with Crippen molar-refractivity contribution in [2.24, 2.45) is 0 Å². The summed E-state index contributed by atoms with van der Waals surface area (Å²) in [6.07, 6.45) is 0.281. The van der Waals surface area contributed by atoms with Gasteiger partial charge >= 0.3 is 0 Å². The fourth-order valence-electron chi connectivity index (χ4n) is 0.629. The van der Waals surface area contributed by atoms with Gasteiger partial charge in [0.25, 0.3) is 0 Å². The molecule has 0 radical (unpaired) electrons. The molecule has 0 aliphatic carbocycles. The van der Waals surface area contributed by atoms with Gasteiger partial charge in [0.15, 0.2) is 0 Å². The molecule has 0 amide bonds. The van der Waals surface area contributed by atoms with Crippen LogP contribution < -0.4 is 0 Å². The summed E-state index contributed by atoms with van der Waals surface area (Å²) in [6, 6.07) is 0. The minimum absolute atomic E-state index is 0.0366. The predicted octanol–water partition coefficient (Wildman–Crippen LogP) is 1.57. The molecule has 0 aromatic carbocycles. The summed E-state index contributed by atoms with van der Waals surface area (Å²) in [5, 5.41) is 0. The molecule has 0 spiro atoms. The van der Waals surface area contributed by atoms with Gasteiger partial charge < -0.3 is 9.79 Å². The van der Waals surface area contributed by atoms with Gasteiger partial charge in [0.2, 0.25) is 14.7 Å². The third kappa shape index (κ3) is 5.10. The van der Waals surface area contributed by atoms with Crippen LogP contribution in [0.5, 0.6) is 0 Å². The van der Waals surface area contributed by atoms with E-state index in [2.05, 4.69) is 0 Å². The fourth-order valence-corrected chi connectivity index (χ4v) is 3.76. The Balaban J connectivity index is 4.00. The smallest absolute Gasteiger partial charge is 0.200 e. The predicted molar refractivity (Wildman–Crippen MR) is 50.5 cm³/mol. The van der Waals surface area contributed by atoms with E-state index < -0.39 is 14.7 Å². The van der Waals surface area contributed by atoms with E-state index in [1.165, 1.54) is 0 Å². The van der Waals surface area contributed by atoms with Gasteiger partial charge in [0.05, 0.1) is 0 Å². The number of rotatable bonds is 5. The van der Waals surface area contributed by atoms with Crippen LogP contribution >= 0.6 is 14.7 Å². The van der Waals surface area contributed by atoms with Crippen molar-refractivity contribution < 1.29 is 18.9 Å². The second-order valence-corrected chi connectivity index (χ2v) is 8.32. The molecule has 2 unspecified atom stereocenters. The molecule has 0 heterocycles. The maximum Gasteiger partial charge on any atom is 0.200 e. The van der Waals surface area contributed by atoms with Crippen LogP contribution in [0.2, 0.25) is 0 Å². The van der Waals surface area contributed by atoms with Gasteiger partial charge in [-0.05, 0) is 0 Å². The summed E-state index contributed by atoms with van der Waals surface area (Å²) in [5.74, 6) is 0. The molecule has 12 heavy (non-hydrogen) atoms. The largest absolute Gasteiger partial charge is 0.344 e. The quantitative estimate of drug-likeness (QED) is 0.681. The molecule has 0 aromatic heterocycles. The fraction of sp³-hybridized carbons (Fsp3) is 1.00. The summed E-state index contributed by atoms with van der Waals surface area (Å²) >= 11 is 0. The lowest BCUT2D eigenvalue weighted by Crippen LogP contribution is -2.00. The van der Waals surface area contributed by atoms with Crippen molar-refractivity contribution in [2.75, 3.05) is 24.6 Å². The minimum Gasteiger partial charge on any atom is -0.344 e. The highest BCUT2D eigenvalue weighted by molar-refractivity contribution is 7.62. The van der Waals surface area contributed by atoms with Gasteiger partial charge in [0.1, 0.15) is 0 Å². The zero-order chi connectivity index (χ0) is 9.83. The Morgan fingerprint density at radius 2 is 1.17 bits per heavy atom. The van der Waals surface area contributed by atoms with Crippen molar-refractivity contribution in [1.29, 1.82) is 0 Å². The topological polar surface area (TPSA) is 74.6 Å². The standard InChI is InChI=1S/C6H16O4P2/c1-3-11(7,8)5-6-12(9,10)4-2/h3-6H2,1-2H3,(H,7,8)(H,9,10). The molecular formula is C6H16O4P2. The molecular weight excluding hydrogens is 198 g/mol. The molecule has 0 aliphatic rings. The van der Waals surface area contributed by atoms with Crippen molar-refractivity contribution in [3.63, 3.8) is 0 Å². The Morgan fingerprint density at radius 1 is 0.917 bits per heavy atom. The molecule has 0 saturated heterocycles. The molecule has 0 aliphatic heterocycles. The van der Waals surface area contributed by atoms with Gasteiger partial charge in [-0.2, -0.15) is 0 Å². The highest BCUT2D eigenvalue weighted by Gasteiger charge is 2.22. The molecule has 2 atom stereocenters. The molecule has 4 nitrogen and oxygen atoms in total. The Labute approximate surface area is 72.9 Å². The van der Waals surface area contributed by atoms with E-state index in [0.717, 1.165) is 0 Å². The lowest BCUT2D eigenvalue weighted by atomic mass is 10.9. The monoisotopic (exact) mass is 214 g/mol. The van der Waals surface area contributed by atoms with Crippen LogP contribution in [0.25, 0.3) is 0 Å². The average Bonchev–Trinajstić information content (AvgIpc) is 2.02. The van der Waals surface area contributed by atoms with E-state index in [-0.39, 0.29) is 24.6 Å². The zero-order valence-electron chi connectivity index (χ0n) is 7.43. The summed E-state index contributed by atoms with van der Waals surface area (Å²) in [5.41, 5.74) is 0. The molecule has 6 heteroatoms. The summed E-state index contributed by atoms with van der Waals surface area (Å²) in [4.78, 5) is 18.2. The van der Waals surface area contributed by atoms with E-state index in [1.54, 1.807) is 13.8 Å². The molecule has 74 valence electrons. The van der Waals surface area contributed by atoms with Crippen molar-refractivity contribution >= 4 is 14.7 Å². The first-order valence-electron chi connectivity index (χ1n) is 3.94. The molecule has 0 rings (SSSR count). The first kappa shape index (κ1) is 12.4. The Hall–Kier alpha value is 0.380. The van der Waals surface area contributed by atoms with E-state index in [0.29, 0.717) is 0 Å². The maximum atomic E-state index is 11.1. The van der Waals surface area contributed by atoms with Crippen LogP contribution in [0, 0.1) is 0 Å². The number of hydrogen-bond donors (Lipinski definition) is 2. The first-order valence-corrected chi connectivity index (χ1v) is 8.00. The molecule has 0 saturated carbocycles. The Morgan fingerprint density at radius 3 is 1.33 bits per heavy atom. The first-order chi connectivity index (χ1) is 5.33. The molecule has 0 fully saturated rings. The van der Waals surface area contributed by atoms with Crippen molar-refractivity contribution in [1.82, 2.24) is 0 Å². The maximum absolute atomic E-state index is 11.1. The summed E-state index contributed by atoms with van der Waals surface area (Å²) in [6.45, 7) is 3.21. The van der Waals surface area contributed by atoms with Gasteiger partial charge in [-0.25, -0.2) is 0 Å². The minimum atomic E-state index is -3.12. The highest BCUT2D eigenvalue weighted by atomic mass is 31.2. The Bertz CT molecular complexity index is 202. The molecule has 0 aromatic rings. The highest BCUT2D eigenvalue weighted by Crippen LogP contribution is 2.47. The number of hydrogen-bond acceptors (Lipinski definition) is 2. The van der Waals surface area contributed by atoms with Crippen molar-refractivity contribution in [3.05, 3.63) is 0 Å². The lowest BCUT2D eigenvalue weighted by molar-refractivity contribution is 0.469. The van der Waals surface area contributed by atoms with Crippen LogP contribution in [-0.2, 0) is 9.13 Å². The van der Waals surface area contributed by atoms with Gasteiger partial charge in [-0.3, -0.25) is 9.13 Å². The SMILES string of the molecule is CCP(=O)(O)CCP(=O)(O)CC. The van der Waals surface area contributed by atoms with Crippen LogP contribution in [0.3, 0.4) is 0 Å². The third-order valence-corrected chi connectivity index (χ3v) is 5.96. The van der Waals surface area contributed by atoms with Crippen LogP contribution in [0.1, 0.15) is 13.8 Å². The second-order valence-electron chi connectivity index (χ2n) is 2.77. The van der Waals surface area contributed by atoms with E-state index in [4.69, 9.17) is 9.79 Å². The van der Waals surface area contributed by atoms with Crippen LogP contribution in [0.15, 0.2) is 0 Å². The van der Waals surface area contributed by atoms with E-state index >= 15 is 0 Å². The van der Waals surface area contributed by atoms with Crippen LogP contribution in [-0.4, -0.2) is 34.4 Å². The lowest BCUT2D eigenvalue weighted by Gasteiger charge is -2.11. The van der Waals surface area contributed by atoms with E-state index in [1.807, 2.05) is 0 Å². The van der Waals surface area contributed by atoms with Crippen LogP contribution in [0.4, 0.5) is 0 Å². The van der Waals surface area contributed by atoms with Crippen molar-refractivity contribution in [2.45, 2.75) is 13.8 Å². The Kier molecular flexibility index (Phi) is 4.71. The molecule has 2 N–H and O–H groups in total. The molecule has 0 bridgehead atoms. The van der Waals surface area contributed by atoms with Crippen molar-refractivity contribution in [3.8, 4) is 0 Å². The van der Waals surface area contributed by atoms with Gasteiger partial charge in [-0.1, -0.05) is 13.8 Å². The zero-order valence-corrected chi connectivity index (χ0v) is 9.22. The van der Waals surface area contributed by atoms with Gasteiger partial charge in [-0.15, -0.1) is 0 Å². The second kappa shape index (κ2) is 4.57. The third-order valence-electron chi connectivity index (χ3n) is 1.79. The summed E-state index contributed by atoms with van der Waals surface area (Å²) < 4.78 is 22.1. The average molecular weight is 214 g/mol. The van der Waals surface area contributed by atoms with Gasteiger partial charge in [0, 0.05) is 24.6 Å². The normalized spacial score (nSPS) is 21.3. The summed E-state index contributed by atoms with van der Waals surface area (Å²) in [7, 11) is -6.23. The van der Waals surface area contributed by atoms with E-state index in [9.17, 15) is 9.13 Å².